The molecule has 3 aromatic carbocycles. The average Bonchev–Trinajstić information content (AvgIpc) is 3.13. The summed E-state index contributed by atoms with van der Waals surface area (Å²) in [6.45, 7) is 0. The molecule has 144 valence electrons. The Bertz CT molecular complexity index is 1070. The molecule has 5 heteroatoms. The quantitative estimate of drug-likeness (QED) is 0.445. The predicted molar refractivity (Wildman–Crippen MR) is 113 cm³/mol. The highest BCUT2D eigenvalue weighted by molar-refractivity contribution is 7.12. The molecule has 0 fully saturated rings. The van der Waals surface area contributed by atoms with Gasteiger partial charge in [0.1, 0.15) is 10.8 Å². The Kier molecular flexibility index (Phi) is 5.49. The fourth-order valence-corrected chi connectivity index (χ4v) is 4.59. The van der Waals surface area contributed by atoms with Crippen LogP contribution in [0.25, 0.3) is 11.3 Å². The first kappa shape index (κ1) is 19.0. The second-order valence-electron chi connectivity index (χ2n) is 6.66. The molecule has 4 aromatic rings. The SMILES string of the molecule is O=C(O)Cc1sc(C(c2ccccc2)c2ccccc2)nc1-c1ccc(F)cc1. The van der Waals surface area contributed by atoms with Gasteiger partial charge in [0.2, 0.25) is 0 Å². The maximum atomic E-state index is 13.4. The molecule has 0 aliphatic rings. The molecule has 0 aliphatic carbocycles. The molecule has 0 bridgehead atoms. The van der Waals surface area contributed by atoms with Crippen molar-refractivity contribution in [2.24, 2.45) is 0 Å². The second kappa shape index (κ2) is 8.37. The van der Waals surface area contributed by atoms with E-state index in [0.717, 1.165) is 16.1 Å². The highest BCUT2D eigenvalue weighted by Gasteiger charge is 2.24. The lowest BCUT2D eigenvalue weighted by atomic mass is 9.92. The number of benzene rings is 3. The molecule has 0 amide bonds. The molecule has 3 nitrogen and oxygen atoms in total. The van der Waals surface area contributed by atoms with Crippen molar-refractivity contribution in [3.8, 4) is 11.3 Å². The summed E-state index contributed by atoms with van der Waals surface area (Å²) in [5.41, 5.74) is 3.48. The summed E-state index contributed by atoms with van der Waals surface area (Å²) in [4.78, 5) is 17.0. The Morgan fingerprint density at radius 3 is 1.97 bits per heavy atom. The molecule has 0 saturated heterocycles. The fourth-order valence-electron chi connectivity index (χ4n) is 3.35. The van der Waals surface area contributed by atoms with Crippen molar-refractivity contribution in [2.75, 3.05) is 0 Å². The number of carbonyl (C=O) groups is 1. The molecule has 1 N–H and O–H groups in total. The van der Waals surface area contributed by atoms with Crippen LogP contribution in [0.15, 0.2) is 84.9 Å². The summed E-state index contributed by atoms with van der Waals surface area (Å²) in [6.07, 6.45) is -0.124. The first-order valence-corrected chi connectivity index (χ1v) is 10.0. The zero-order valence-electron chi connectivity index (χ0n) is 15.5. The number of carboxylic acid groups (broad SMARTS) is 1. The molecule has 0 spiro atoms. The van der Waals surface area contributed by atoms with Crippen molar-refractivity contribution < 1.29 is 14.3 Å². The number of nitrogens with zero attached hydrogens (tertiary/aromatic N) is 1. The van der Waals surface area contributed by atoms with Crippen LogP contribution in [0.4, 0.5) is 4.39 Å². The van der Waals surface area contributed by atoms with Crippen LogP contribution in [0.2, 0.25) is 0 Å². The van der Waals surface area contributed by atoms with E-state index in [1.807, 2.05) is 60.7 Å². The Morgan fingerprint density at radius 1 is 0.897 bits per heavy atom. The number of hydrogen-bond donors (Lipinski definition) is 1. The number of aliphatic carboxylic acids is 1. The number of hydrogen-bond acceptors (Lipinski definition) is 3. The van der Waals surface area contributed by atoms with Crippen LogP contribution in [-0.4, -0.2) is 16.1 Å². The molecular formula is C24H18FNO2S. The first-order chi connectivity index (χ1) is 14.1. The minimum Gasteiger partial charge on any atom is -0.481 e. The van der Waals surface area contributed by atoms with Gasteiger partial charge in [-0.2, -0.15) is 0 Å². The zero-order valence-corrected chi connectivity index (χ0v) is 16.3. The monoisotopic (exact) mass is 403 g/mol. The van der Waals surface area contributed by atoms with E-state index in [-0.39, 0.29) is 18.2 Å². The molecular weight excluding hydrogens is 385 g/mol. The molecule has 0 saturated carbocycles. The summed E-state index contributed by atoms with van der Waals surface area (Å²) in [6, 6.07) is 26.1. The summed E-state index contributed by atoms with van der Waals surface area (Å²) >= 11 is 1.40. The zero-order chi connectivity index (χ0) is 20.2. The van der Waals surface area contributed by atoms with Crippen LogP contribution >= 0.6 is 11.3 Å². The van der Waals surface area contributed by atoms with Gasteiger partial charge < -0.3 is 5.11 Å². The number of carboxylic acids is 1. The minimum absolute atomic E-state index is 0.107. The summed E-state index contributed by atoms with van der Waals surface area (Å²) in [7, 11) is 0. The van der Waals surface area contributed by atoms with Gasteiger partial charge in [0.05, 0.1) is 18.0 Å². The van der Waals surface area contributed by atoms with Gasteiger partial charge in [0, 0.05) is 10.4 Å². The summed E-state index contributed by atoms with van der Waals surface area (Å²) < 4.78 is 13.4. The van der Waals surface area contributed by atoms with Crippen LogP contribution in [0.3, 0.4) is 0 Å². The van der Waals surface area contributed by atoms with E-state index in [1.54, 1.807) is 12.1 Å². The van der Waals surface area contributed by atoms with E-state index in [0.29, 0.717) is 16.1 Å². The normalized spacial score (nSPS) is 11.0. The van der Waals surface area contributed by atoms with Crippen molar-refractivity contribution in [1.29, 1.82) is 0 Å². The molecule has 29 heavy (non-hydrogen) atoms. The third kappa shape index (κ3) is 4.25. The van der Waals surface area contributed by atoms with Gasteiger partial charge in [0.25, 0.3) is 0 Å². The molecule has 0 aliphatic heterocycles. The van der Waals surface area contributed by atoms with E-state index in [1.165, 1.54) is 23.5 Å². The molecule has 0 atom stereocenters. The third-order valence-corrected chi connectivity index (χ3v) is 5.78. The molecule has 1 heterocycles. The van der Waals surface area contributed by atoms with Crippen molar-refractivity contribution in [3.63, 3.8) is 0 Å². The number of aromatic nitrogens is 1. The molecule has 0 radical (unpaired) electrons. The lowest BCUT2D eigenvalue weighted by molar-refractivity contribution is -0.136. The highest BCUT2D eigenvalue weighted by Crippen LogP contribution is 2.38. The Morgan fingerprint density at radius 2 is 1.45 bits per heavy atom. The van der Waals surface area contributed by atoms with Crippen LogP contribution in [-0.2, 0) is 11.2 Å². The molecule has 1 aromatic heterocycles. The van der Waals surface area contributed by atoms with Gasteiger partial charge in [-0.1, -0.05) is 60.7 Å². The standard InChI is InChI=1S/C24H18FNO2S/c25-19-13-11-18(12-14-19)23-20(15-21(27)28)29-24(26-23)22(16-7-3-1-4-8-16)17-9-5-2-6-10-17/h1-14,22H,15H2,(H,27,28). The Labute approximate surface area is 172 Å². The van der Waals surface area contributed by atoms with E-state index >= 15 is 0 Å². The minimum atomic E-state index is -0.917. The Balaban J connectivity index is 1.87. The van der Waals surface area contributed by atoms with Gasteiger partial charge in [0.15, 0.2) is 0 Å². The van der Waals surface area contributed by atoms with Crippen molar-refractivity contribution in [1.82, 2.24) is 4.98 Å². The van der Waals surface area contributed by atoms with E-state index in [4.69, 9.17) is 4.98 Å². The van der Waals surface area contributed by atoms with Gasteiger partial charge in [-0.3, -0.25) is 4.79 Å². The van der Waals surface area contributed by atoms with Crippen molar-refractivity contribution >= 4 is 17.3 Å². The smallest absolute Gasteiger partial charge is 0.308 e. The van der Waals surface area contributed by atoms with Crippen LogP contribution in [0, 0.1) is 5.82 Å². The highest BCUT2D eigenvalue weighted by atomic mass is 32.1. The van der Waals surface area contributed by atoms with Gasteiger partial charge >= 0.3 is 5.97 Å². The predicted octanol–water partition coefficient (Wildman–Crippen LogP) is 5.76. The van der Waals surface area contributed by atoms with Gasteiger partial charge in [-0.15, -0.1) is 11.3 Å². The van der Waals surface area contributed by atoms with Gasteiger partial charge in [-0.25, -0.2) is 9.37 Å². The van der Waals surface area contributed by atoms with Gasteiger partial charge in [-0.05, 0) is 35.4 Å². The van der Waals surface area contributed by atoms with E-state index in [9.17, 15) is 14.3 Å². The average molecular weight is 403 g/mol. The topological polar surface area (TPSA) is 50.2 Å². The largest absolute Gasteiger partial charge is 0.481 e. The molecule has 0 unspecified atom stereocenters. The maximum Gasteiger partial charge on any atom is 0.308 e. The van der Waals surface area contributed by atoms with Crippen LogP contribution < -0.4 is 0 Å². The van der Waals surface area contributed by atoms with Crippen molar-refractivity contribution in [2.45, 2.75) is 12.3 Å². The third-order valence-electron chi connectivity index (χ3n) is 4.66. The van der Waals surface area contributed by atoms with Crippen LogP contribution in [0.5, 0.6) is 0 Å². The number of thiazole rings is 1. The fraction of sp³-hybridized carbons (Fsp3) is 0.0833. The molecule has 4 rings (SSSR count). The summed E-state index contributed by atoms with van der Waals surface area (Å²) in [5, 5.41) is 10.2. The maximum absolute atomic E-state index is 13.4. The number of rotatable bonds is 6. The van der Waals surface area contributed by atoms with E-state index < -0.39 is 5.97 Å². The van der Waals surface area contributed by atoms with E-state index in [2.05, 4.69) is 0 Å². The lowest BCUT2D eigenvalue weighted by Gasteiger charge is -2.15. The van der Waals surface area contributed by atoms with Crippen molar-refractivity contribution in [3.05, 3.63) is 112 Å². The van der Waals surface area contributed by atoms with Crippen LogP contribution in [0.1, 0.15) is 26.9 Å². The second-order valence-corrected chi connectivity index (χ2v) is 7.77. The lowest BCUT2D eigenvalue weighted by Crippen LogP contribution is -2.02. The first-order valence-electron chi connectivity index (χ1n) is 9.19. The summed E-state index contributed by atoms with van der Waals surface area (Å²) in [5.74, 6) is -1.36. The Hall–Kier alpha value is -3.31. The number of halogens is 1.